The summed E-state index contributed by atoms with van der Waals surface area (Å²) in [4.78, 5) is 2.25. The van der Waals surface area contributed by atoms with E-state index in [1.54, 1.807) is 7.11 Å². The van der Waals surface area contributed by atoms with Crippen LogP contribution in [0.2, 0.25) is 5.02 Å². The first kappa shape index (κ1) is 13.5. The SMILES string of the molecule is COc1ccc(N2CC(C)OC(CN)C2)cc1Cl. The first-order valence-electron chi connectivity index (χ1n) is 6.08. The van der Waals surface area contributed by atoms with E-state index in [9.17, 15) is 0 Å². The standard InChI is InChI=1S/C13H19ClN2O2/c1-9-7-16(8-11(6-15)18-9)10-3-4-13(17-2)12(14)5-10/h3-5,9,11H,6-8,15H2,1-2H3. The van der Waals surface area contributed by atoms with Gasteiger partial charge in [0.25, 0.3) is 0 Å². The maximum atomic E-state index is 6.15. The summed E-state index contributed by atoms with van der Waals surface area (Å²) in [6, 6.07) is 5.82. The quantitative estimate of drug-likeness (QED) is 0.911. The molecule has 0 radical (unpaired) electrons. The molecule has 1 saturated heterocycles. The maximum Gasteiger partial charge on any atom is 0.137 e. The summed E-state index contributed by atoms with van der Waals surface area (Å²) in [6.45, 7) is 4.23. The van der Waals surface area contributed by atoms with Crippen molar-refractivity contribution in [2.24, 2.45) is 5.73 Å². The van der Waals surface area contributed by atoms with Crippen molar-refractivity contribution in [3.05, 3.63) is 23.2 Å². The minimum absolute atomic E-state index is 0.0784. The van der Waals surface area contributed by atoms with Gasteiger partial charge in [-0.05, 0) is 25.1 Å². The Kier molecular flexibility index (Phi) is 4.32. The molecule has 18 heavy (non-hydrogen) atoms. The van der Waals surface area contributed by atoms with E-state index in [2.05, 4.69) is 11.8 Å². The minimum Gasteiger partial charge on any atom is -0.495 e. The second-order valence-electron chi connectivity index (χ2n) is 4.53. The summed E-state index contributed by atoms with van der Waals surface area (Å²) >= 11 is 6.15. The highest BCUT2D eigenvalue weighted by Crippen LogP contribution is 2.30. The van der Waals surface area contributed by atoms with Gasteiger partial charge in [0.05, 0.1) is 24.3 Å². The third-order valence-corrected chi connectivity index (χ3v) is 3.39. The van der Waals surface area contributed by atoms with E-state index in [4.69, 9.17) is 26.8 Å². The molecule has 4 nitrogen and oxygen atoms in total. The lowest BCUT2D eigenvalue weighted by Crippen LogP contribution is -2.49. The number of ether oxygens (including phenoxy) is 2. The van der Waals surface area contributed by atoms with Crippen LogP contribution in [0.1, 0.15) is 6.92 Å². The number of rotatable bonds is 3. The van der Waals surface area contributed by atoms with Crippen molar-refractivity contribution in [3.8, 4) is 5.75 Å². The van der Waals surface area contributed by atoms with Gasteiger partial charge in [-0.25, -0.2) is 0 Å². The zero-order valence-electron chi connectivity index (χ0n) is 10.7. The topological polar surface area (TPSA) is 47.7 Å². The van der Waals surface area contributed by atoms with Crippen LogP contribution in [0.3, 0.4) is 0 Å². The number of benzene rings is 1. The molecule has 1 aliphatic heterocycles. The van der Waals surface area contributed by atoms with Crippen LogP contribution < -0.4 is 15.4 Å². The molecule has 1 aromatic carbocycles. The number of hydrogen-bond donors (Lipinski definition) is 1. The second kappa shape index (κ2) is 5.78. The molecule has 5 heteroatoms. The third kappa shape index (κ3) is 2.88. The molecule has 0 amide bonds. The normalized spacial score (nSPS) is 24.1. The van der Waals surface area contributed by atoms with E-state index in [-0.39, 0.29) is 12.2 Å². The fraction of sp³-hybridized carbons (Fsp3) is 0.538. The van der Waals surface area contributed by atoms with Crippen LogP contribution in [-0.4, -0.2) is 39.0 Å². The van der Waals surface area contributed by atoms with Crippen LogP contribution in [0.4, 0.5) is 5.69 Å². The largest absolute Gasteiger partial charge is 0.495 e. The predicted molar refractivity (Wildman–Crippen MR) is 73.6 cm³/mol. The Morgan fingerprint density at radius 3 is 2.89 bits per heavy atom. The highest BCUT2D eigenvalue weighted by Gasteiger charge is 2.24. The molecule has 1 aliphatic rings. The molecular weight excluding hydrogens is 252 g/mol. The molecule has 0 aromatic heterocycles. The minimum atomic E-state index is 0.0784. The summed E-state index contributed by atoms with van der Waals surface area (Å²) < 4.78 is 10.9. The maximum absolute atomic E-state index is 6.15. The van der Waals surface area contributed by atoms with Crippen molar-refractivity contribution in [2.75, 3.05) is 31.6 Å². The average Bonchev–Trinajstić information content (AvgIpc) is 2.37. The molecule has 2 atom stereocenters. The lowest BCUT2D eigenvalue weighted by molar-refractivity contribution is -0.0104. The van der Waals surface area contributed by atoms with Gasteiger partial charge >= 0.3 is 0 Å². The number of morpholine rings is 1. The van der Waals surface area contributed by atoms with E-state index >= 15 is 0 Å². The van der Waals surface area contributed by atoms with Crippen LogP contribution in [0.25, 0.3) is 0 Å². The number of nitrogens with zero attached hydrogens (tertiary/aromatic N) is 1. The van der Waals surface area contributed by atoms with Gasteiger partial charge in [-0.15, -0.1) is 0 Å². The Bertz CT molecular complexity index is 414. The van der Waals surface area contributed by atoms with Gasteiger partial charge in [-0.1, -0.05) is 11.6 Å². The molecule has 1 fully saturated rings. The number of hydrogen-bond acceptors (Lipinski definition) is 4. The summed E-state index contributed by atoms with van der Waals surface area (Å²) in [6.07, 6.45) is 0.253. The summed E-state index contributed by atoms with van der Waals surface area (Å²) in [5, 5.41) is 0.624. The van der Waals surface area contributed by atoms with Gasteiger partial charge in [0.2, 0.25) is 0 Å². The van der Waals surface area contributed by atoms with Crippen LogP contribution in [0.5, 0.6) is 5.75 Å². The Balaban J connectivity index is 2.17. The zero-order valence-corrected chi connectivity index (χ0v) is 11.5. The van der Waals surface area contributed by atoms with E-state index in [0.29, 0.717) is 17.3 Å². The van der Waals surface area contributed by atoms with Crippen molar-refractivity contribution < 1.29 is 9.47 Å². The van der Waals surface area contributed by atoms with Crippen LogP contribution in [0, 0.1) is 0 Å². The first-order valence-corrected chi connectivity index (χ1v) is 6.46. The lowest BCUT2D eigenvalue weighted by atomic mass is 10.2. The van der Waals surface area contributed by atoms with Gasteiger partial charge in [0, 0.05) is 25.3 Å². The molecule has 0 spiro atoms. The van der Waals surface area contributed by atoms with E-state index in [1.807, 2.05) is 18.2 Å². The molecule has 2 N–H and O–H groups in total. The van der Waals surface area contributed by atoms with E-state index in [0.717, 1.165) is 18.8 Å². The monoisotopic (exact) mass is 270 g/mol. The van der Waals surface area contributed by atoms with Gasteiger partial charge < -0.3 is 20.1 Å². The molecule has 1 aromatic rings. The fourth-order valence-electron chi connectivity index (χ4n) is 2.24. The van der Waals surface area contributed by atoms with Crippen molar-refractivity contribution in [1.82, 2.24) is 0 Å². The summed E-state index contributed by atoms with van der Waals surface area (Å²) in [5.41, 5.74) is 6.76. The number of halogens is 1. The Morgan fingerprint density at radius 2 is 2.28 bits per heavy atom. The fourth-order valence-corrected chi connectivity index (χ4v) is 2.49. The Hall–Kier alpha value is -0.970. The van der Waals surface area contributed by atoms with Gasteiger partial charge in [-0.3, -0.25) is 0 Å². The lowest BCUT2D eigenvalue weighted by Gasteiger charge is -2.37. The van der Waals surface area contributed by atoms with Gasteiger partial charge in [0.15, 0.2) is 0 Å². The zero-order chi connectivity index (χ0) is 13.1. The molecule has 1 heterocycles. The average molecular weight is 271 g/mol. The number of anilines is 1. The van der Waals surface area contributed by atoms with Gasteiger partial charge in [-0.2, -0.15) is 0 Å². The highest BCUT2D eigenvalue weighted by molar-refractivity contribution is 6.32. The number of nitrogens with two attached hydrogens (primary N) is 1. The van der Waals surface area contributed by atoms with Crippen molar-refractivity contribution in [1.29, 1.82) is 0 Å². The Labute approximate surface area is 113 Å². The van der Waals surface area contributed by atoms with E-state index in [1.165, 1.54) is 0 Å². The molecule has 0 saturated carbocycles. The van der Waals surface area contributed by atoms with Crippen molar-refractivity contribution >= 4 is 17.3 Å². The smallest absolute Gasteiger partial charge is 0.137 e. The molecule has 100 valence electrons. The highest BCUT2D eigenvalue weighted by atomic mass is 35.5. The summed E-state index contributed by atoms with van der Waals surface area (Å²) in [5.74, 6) is 0.692. The van der Waals surface area contributed by atoms with Crippen LogP contribution in [-0.2, 0) is 4.74 Å². The third-order valence-electron chi connectivity index (χ3n) is 3.09. The second-order valence-corrected chi connectivity index (χ2v) is 4.94. The summed E-state index contributed by atoms with van der Waals surface area (Å²) in [7, 11) is 1.61. The molecule has 0 bridgehead atoms. The number of methoxy groups -OCH3 is 1. The Morgan fingerprint density at radius 1 is 1.50 bits per heavy atom. The van der Waals surface area contributed by atoms with Crippen molar-refractivity contribution in [2.45, 2.75) is 19.1 Å². The van der Waals surface area contributed by atoms with Crippen LogP contribution in [0.15, 0.2) is 18.2 Å². The van der Waals surface area contributed by atoms with Crippen LogP contribution >= 0.6 is 11.6 Å². The van der Waals surface area contributed by atoms with Gasteiger partial charge in [0.1, 0.15) is 5.75 Å². The first-order chi connectivity index (χ1) is 8.63. The molecule has 2 rings (SSSR count). The van der Waals surface area contributed by atoms with Crippen molar-refractivity contribution in [3.63, 3.8) is 0 Å². The molecule has 2 unspecified atom stereocenters. The van der Waals surface area contributed by atoms with E-state index < -0.39 is 0 Å². The molecule has 0 aliphatic carbocycles. The predicted octanol–water partition coefficient (Wildman–Crippen LogP) is 1.90. The molecular formula is C13H19ClN2O2.